The summed E-state index contributed by atoms with van der Waals surface area (Å²) in [7, 11) is 5.97. The third-order valence-corrected chi connectivity index (χ3v) is 2.77. The smallest absolute Gasteiger partial charge is 0.191 e. The van der Waals surface area contributed by atoms with E-state index in [0.717, 1.165) is 19.0 Å². The van der Waals surface area contributed by atoms with Crippen molar-refractivity contribution in [3.63, 3.8) is 0 Å². The molecule has 2 N–H and O–H groups in total. The summed E-state index contributed by atoms with van der Waals surface area (Å²) in [6, 6.07) is 8.51. The molecule has 0 heterocycles. The van der Waals surface area contributed by atoms with E-state index in [9.17, 15) is 0 Å². The molecule has 0 aliphatic heterocycles. The minimum Gasteiger partial charge on any atom is -0.352 e. The van der Waals surface area contributed by atoms with E-state index in [1.165, 1.54) is 11.1 Å². The van der Waals surface area contributed by atoms with Crippen LogP contribution in [0.4, 0.5) is 0 Å². The molecule has 5 heteroatoms. The van der Waals surface area contributed by atoms with Gasteiger partial charge in [0.1, 0.15) is 0 Å². The van der Waals surface area contributed by atoms with Gasteiger partial charge in [-0.3, -0.25) is 4.99 Å². The van der Waals surface area contributed by atoms with Gasteiger partial charge in [0.2, 0.25) is 0 Å². The van der Waals surface area contributed by atoms with E-state index < -0.39 is 0 Å². The average Bonchev–Trinajstić information content (AvgIpc) is 2.34. The van der Waals surface area contributed by atoms with Crippen molar-refractivity contribution in [1.82, 2.24) is 15.5 Å². The number of benzene rings is 1. The summed E-state index contributed by atoms with van der Waals surface area (Å²) >= 11 is 0. The molecule has 0 bridgehead atoms. The first-order valence-corrected chi connectivity index (χ1v) is 7.02. The summed E-state index contributed by atoms with van der Waals surface area (Å²) in [6.07, 6.45) is 0. The van der Waals surface area contributed by atoms with Gasteiger partial charge in [-0.15, -0.1) is 24.0 Å². The van der Waals surface area contributed by atoms with Crippen molar-refractivity contribution in [2.24, 2.45) is 4.99 Å². The third-order valence-electron chi connectivity index (χ3n) is 2.77. The van der Waals surface area contributed by atoms with Crippen LogP contribution in [0.2, 0.25) is 0 Å². The largest absolute Gasteiger partial charge is 0.352 e. The van der Waals surface area contributed by atoms with E-state index >= 15 is 0 Å². The Hall–Kier alpha value is -0.820. The number of nitrogens with zero attached hydrogens (tertiary/aromatic N) is 2. The van der Waals surface area contributed by atoms with Crippen LogP contribution in [0.15, 0.2) is 29.3 Å². The van der Waals surface area contributed by atoms with Crippen molar-refractivity contribution in [2.75, 3.05) is 21.1 Å². The Bertz CT molecular complexity index is 450. The monoisotopic (exact) mass is 404 g/mol. The molecule has 0 amide bonds. The van der Waals surface area contributed by atoms with E-state index in [4.69, 9.17) is 0 Å². The summed E-state index contributed by atoms with van der Waals surface area (Å²) in [6.45, 7) is 8.10. The lowest BCUT2D eigenvalue weighted by atomic mass is 10.1. The predicted molar refractivity (Wildman–Crippen MR) is 102 cm³/mol. The van der Waals surface area contributed by atoms with E-state index in [0.29, 0.717) is 0 Å². The van der Waals surface area contributed by atoms with Gasteiger partial charge in [-0.05, 0) is 46.0 Å². The number of hydrogen-bond acceptors (Lipinski definition) is 2. The average molecular weight is 404 g/mol. The third kappa shape index (κ3) is 8.26. The van der Waals surface area contributed by atoms with Crippen LogP contribution in [0.25, 0.3) is 0 Å². The van der Waals surface area contributed by atoms with E-state index in [-0.39, 0.29) is 29.5 Å². The van der Waals surface area contributed by atoms with Crippen molar-refractivity contribution in [3.8, 4) is 0 Å². The molecule has 0 aliphatic rings. The van der Waals surface area contributed by atoms with Crippen LogP contribution in [0.1, 0.15) is 31.9 Å². The first kappa shape index (κ1) is 20.2. The normalized spacial score (nSPS) is 12.0. The van der Waals surface area contributed by atoms with Crippen LogP contribution in [0.3, 0.4) is 0 Å². The van der Waals surface area contributed by atoms with Crippen LogP contribution < -0.4 is 10.6 Å². The van der Waals surface area contributed by atoms with Gasteiger partial charge in [0, 0.05) is 25.7 Å². The zero-order valence-corrected chi connectivity index (χ0v) is 16.4. The summed E-state index contributed by atoms with van der Waals surface area (Å²) in [5.41, 5.74) is 2.65. The fourth-order valence-corrected chi connectivity index (χ4v) is 1.94. The summed E-state index contributed by atoms with van der Waals surface area (Å²) in [4.78, 5) is 6.44. The lowest BCUT2D eigenvalue weighted by Gasteiger charge is -2.24. The molecule has 1 aromatic carbocycles. The zero-order valence-electron chi connectivity index (χ0n) is 14.0. The highest BCUT2D eigenvalue weighted by Crippen LogP contribution is 2.10. The van der Waals surface area contributed by atoms with Crippen LogP contribution in [-0.4, -0.2) is 37.5 Å². The summed E-state index contributed by atoms with van der Waals surface area (Å²) < 4.78 is 0. The van der Waals surface area contributed by atoms with Gasteiger partial charge in [-0.1, -0.05) is 24.3 Å². The molecule has 0 radical (unpaired) electrons. The van der Waals surface area contributed by atoms with Gasteiger partial charge in [-0.25, -0.2) is 0 Å². The number of guanidine groups is 1. The van der Waals surface area contributed by atoms with Crippen molar-refractivity contribution in [2.45, 2.75) is 39.4 Å². The van der Waals surface area contributed by atoms with Gasteiger partial charge in [0.15, 0.2) is 5.96 Å². The maximum atomic E-state index is 4.26. The number of aliphatic imine (C=N–C) groups is 1. The zero-order chi connectivity index (χ0) is 15.2. The molecule has 0 spiro atoms. The molecule has 0 saturated heterocycles. The number of rotatable bonds is 4. The quantitative estimate of drug-likeness (QED) is 0.461. The van der Waals surface area contributed by atoms with Gasteiger partial charge in [-0.2, -0.15) is 0 Å². The first-order valence-electron chi connectivity index (χ1n) is 7.02. The highest BCUT2D eigenvalue weighted by atomic mass is 127. The molecule has 0 atom stereocenters. The molecule has 4 nitrogen and oxygen atoms in total. The molecular formula is C16H29IN4. The Morgan fingerprint density at radius 2 is 1.71 bits per heavy atom. The Balaban J connectivity index is 0.00000400. The molecule has 0 fully saturated rings. The van der Waals surface area contributed by atoms with E-state index in [1.807, 2.05) is 0 Å². The SMILES string of the molecule is CN=C(NCc1ccccc1CN(C)C)NC(C)(C)C.I. The molecule has 1 aromatic rings. The number of hydrogen-bond donors (Lipinski definition) is 2. The summed E-state index contributed by atoms with van der Waals surface area (Å²) in [5, 5.41) is 6.74. The molecule has 0 aliphatic carbocycles. The maximum Gasteiger partial charge on any atom is 0.191 e. The maximum absolute atomic E-state index is 4.26. The fourth-order valence-electron chi connectivity index (χ4n) is 1.94. The van der Waals surface area contributed by atoms with Crippen LogP contribution in [0.5, 0.6) is 0 Å². The van der Waals surface area contributed by atoms with Crippen molar-refractivity contribution in [3.05, 3.63) is 35.4 Å². The van der Waals surface area contributed by atoms with Crippen LogP contribution in [-0.2, 0) is 13.1 Å². The molecule has 0 unspecified atom stereocenters. The highest BCUT2D eigenvalue weighted by Gasteiger charge is 2.12. The molecule has 0 aromatic heterocycles. The minimum absolute atomic E-state index is 0. The molecule has 120 valence electrons. The van der Waals surface area contributed by atoms with Gasteiger partial charge in [0.25, 0.3) is 0 Å². The van der Waals surface area contributed by atoms with Gasteiger partial charge >= 0.3 is 0 Å². The Morgan fingerprint density at radius 1 is 1.14 bits per heavy atom. The molecule has 21 heavy (non-hydrogen) atoms. The Kier molecular flexibility index (Phi) is 8.89. The second-order valence-electron chi connectivity index (χ2n) is 6.31. The van der Waals surface area contributed by atoms with Crippen molar-refractivity contribution >= 4 is 29.9 Å². The van der Waals surface area contributed by atoms with Crippen LogP contribution >= 0.6 is 24.0 Å². The Labute approximate surface area is 146 Å². The topological polar surface area (TPSA) is 39.7 Å². The number of halogens is 1. The molecule has 0 saturated carbocycles. The van der Waals surface area contributed by atoms with E-state index in [1.54, 1.807) is 7.05 Å². The van der Waals surface area contributed by atoms with Crippen molar-refractivity contribution < 1.29 is 0 Å². The van der Waals surface area contributed by atoms with E-state index in [2.05, 4.69) is 79.7 Å². The Morgan fingerprint density at radius 3 is 2.19 bits per heavy atom. The molecular weight excluding hydrogens is 375 g/mol. The van der Waals surface area contributed by atoms with Gasteiger partial charge in [0.05, 0.1) is 0 Å². The van der Waals surface area contributed by atoms with Crippen molar-refractivity contribution in [1.29, 1.82) is 0 Å². The second kappa shape index (κ2) is 9.25. The second-order valence-corrected chi connectivity index (χ2v) is 6.31. The first-order chi connectivity index (χ1) is 9.31. The predicted octanol–water partition coefficient (Wildman–Crippen LogP) is 2.83. The summed E-state index contributed by atoms with van der Waals surface area (Å²) in [5.74, 6) is 0.831. The highest BCUT2D eigenvalue weighted by molar-refractivity contribution is 14.0. The standard InChI is InChI=1S/C16H28N4.HI/c1-16(2,3)19-15(17-4)18-11-13-9-7-8-10-14(13)12-20(5)6;/h7-10H,11-12H2,1-6H3,(H2,17,18,19);1H. The van der Waals surface area contributed by atoms with Gasteiger partial charge < -0.3 is 15.5 Å². The van der Waals surface area contributed by atoms with Crippen LogP contribution in [0, 0.1) is 0 Å². The fraction of sp³-hybridized carbons (Fsp3) is 0.562. The lowest BCUT2D eigenvalue weighted by molar-refractivity contribution is 0.400. The lowest BCUT2D eigenvalue weighted by Crippen LogP contribution is -2.47. The molecule has 1 rings (SSSR count). The minimum atomic E-state index is 0. The number of nitrogens with one attached hydrogen (secondary N) is 2.